The summed E-state index contributed by atoms with van der Waals surface area (Å²) < 4.78 is 42.8. The van der Waals surface area contributed by atoms with Crippen LogP contribution in [0.25, 0.3) is 11.3 Å². The third-order valence-electron chi connectivity index (χ3n) is 2.59. The molecule has 0 bridgehead atoms. The molecule has 2 aromatic rings. The Kier molecular flexibility index (Phi) is 3.41. The Bertz CT molecular complexity index is 517. The van der Waals surface area contributed by atoms with E-state index in [2.05, 4.69) is 9.68 Å². The van der Waals surface area contributed by atoms with Gasteiger partial charge in [-0.2, -0.15) is 13.2 Å². The summed E-state index contributed by atoms with van der Waals surface area (Å²) in [4.78, 5) is 0. The summed E-state index contributed by atoms with van der Waals surface area (Å²) in [7, 11) is 0. The Morgan fingerprint density at radius 1 is 1.17 bits per heavy atom. The predicted molar refractivity (Wildman–Crippen MR) is 60.9 cm³/mol. The first-order valence-electron chi connectivity index (χ1n) is 5.65. The van der Waals surface area contributed by atoms with Crippen molar-refractivity contribution in [2.45, 2.75) is 25.9 Å². The number of halogens is 3. The lowest BCUT2D eigenvalue weighted by molar-refractivity contribution is -0.156. The predicted octanol–water partition coefficient (Wildman–Crippen LogP) is 4.31. The van der Waals surface area contributed by atoms with E-state index in [4.69, 9.17) is 0 Å². The number of hydrogen-bond donors (Lipinski definition) is 0. The topological polar surface area (TPSA) is 26.0 Å². The molecule has 18 heavy (non-hydrogen) atoms. The second-order valence-electron chi connectivity index (χ2n) is 3.95. The van der Waals surface area contributed by atoms with Crippen LogP contribution in [0.4, 0.5) is 13.2 Å². The molecule has 0 saturated carbocycles. The average Bonchev–Trinajstić information content (AvgIpc) is 2.74. The van der Waals surface area contributed by atoms with Crippen molar-refractivity contribution in [3.8, 4) is 11.3 Å². The van der Waals surface area contributed by atoms with E-state index in [-0.39, 0.29) is 11.3 Å². The van der Waals surface area contributed by atoms with E-state index in [1.165, 1.54) is 0 Å². The van der Waals surface area contributed by atoms with Crippen LogP contribution in [0, 0.1) is 0 Å². The summed E-state index contributed by atoms with van der Waals surface area (Å²) in [5.41, 5.74) is 1.06. The Morgan fingerprint density at radius 3 is 2.39 bits per heavy atom. The fraction of sp³-hybridized carbons (Fsp3) is 0.308. The van der Waals surface area contributed by atoms with Gasteiger partial charge in [0.15, 0.2) is 0 Å². The van der Waals surface area contributed by atoms with Crippen molar-refractivity contribution in [3.63, 3.8) is 0 Å². The minimum Gasteiger partial charge on any atom is -0.351 e. The van der Waals surface area contributed by atoms with Crippen LogP contribution in [-0.2, 0) is 12.6 Å². The maximum Gasteiger partial charge on any atom is 0.452 e. The highest BCUT2D eigenvalue weighted by molar-refractivity contribution is 5.63. The zero-order valence-electron chi connectivity index (χ0n) is 9.79. The van der Waals surface area contributed by atoms with E-state index in [0.29, 0.717) is 18.4 Å². The molecule has 1 heterocycles. The van der Waals surface area contributed by atoms with Crippen molar-refractivity contribution in [3.05, 3.63) is 41.7 Å². The Labute approximate surface area is 102 Å². The summed E-state index contributed by atoms with van der Waals surface area (Å²) in [5, 5.41) is 3.58. The van der Waals surface area contributed by atoms with Gasteiger partial charge in [0.2, 0.25) is 5.76 Å². The third-order valence-corrected chi connectivity index (χ3v) is 2.59. The van der Waals surface area contributed by atoms with Gasteiger partial charge in [-0.05, 0) is 6.42 Å². The van der Waals surface area contributed by atoms with Crippen molar-refractivity contribution >= 4 is 0 Å². The first kappa shape index (κ1) is 12.7. The van der Waals surface area contributed by atoms with E-state index in [0.717, 1.165) is 0 Å². The van der Waals surface area contributed by atoms with Crippen molar-refractivity contribution in [1.82, 2.24) is 5.16 Å². The molecule has 96 valence electrons. The van der Waals surface area contributed by atoms with Gasteiger partial charge >= 0.3 is 6.18 Å². The molecule has 1 aromatic carbocycles. The van der Waals surface area contributed by atoms with Gasteiger partial charge in [0.1, 0.15) is 5.69 Å². The van der Waals surface area contributed by atoms with Crippen LogP contribution < -0.4 is 0 Å². The van der Waals surface area contributed by atoms with E-state index in [9.17, 15) is 13.2 Å². The minimum absolute atomic E-state index is 0.135. The molecule has 0 aliphatic carbocycles. The van der Waals surface area contributed by atoms with Crippen molar-refractivity contribution in [1.29, 1.82) is 0 Å². The number of benzene rings is 1. The third kappa shape index (κ3) is 2.39. The van der Waals surface area contributed by atoms with E-state index < -0.39 is 11.9 Å². The van der Waals surface area contributed by atoms with Crippen molar-refractivity contribution < 1.29 is 17.7 Å². The molecule has 5 heteroatoms. The van der Waals surface area contributed by atoms with Crippen LogP contribution in [0.5, 0.6) is 0 Å². The Hall–Kier alpha value is -1.78. The molecule has 0 radical (unpaired) electrons. The van der Waals surface area contributed by atoms with E-state index in [1.54, 1.807) is 30.3 Å². The molecule has 0 atom stereocenters. The second kappa shape index (κ2) is 4.84. The summed E-state index contributed by atoms with van der Waals surface area (Å²) in [6.07, 6.45) is -3.60. The maximum atomic E-state index is 12.8. The molecule has 0 amide bonds. The molecule has 0 N–H and O–H groups in total. The molecule has 0 fully saturated rings. The summed E-state index contributed by atoms with van der Waals surface area (Å²) in [6, 6.07) is 8.75. The standard InChI is InChI=1S/C13H12F3NO/c1-2-6-10-11(9-7-4-3-5-8-9)17-18-12(10)13(14,15)16/h3-5,7-8H,2,6H2,1H3. The van der Waals surface area contributed by atoms with Crippen molar-refractivity contribution in [2.75, 3.05) is 0 Å². The van der Waals surface area contributed by atoms with E-state index >= 15 is 0 Å². The largest absolute Gasteiger partial charge is 0.452 e. The molecule has 2 nitrogen and oxygen atoms in total. The van der Waals surface area contributed by atoms with Crippen LogP contribution in [-0.4, -0.2) is 5.16 Å². The zero-order valence-corrected chi connectivity index (χ0v) is 9.79. The van der Waals surface area contributed by atoms with Gasteiger partial charge in [-0.15, -0.1) is 0 Å². The van der Waals surface area contributed by atoms with Crippen LogP contribution >= 0.6 is 0 Å². The zero-order chi connectivity index (χ0) is 13.2. The van der Waals surface area contributed by atoms with Gasteiger partial charge < -0.3 is 4.52 Å². The average molecular weight is 255 g/mol. The summed E-state index contributed by atoms with van der Waals surface area (Å²) in [5.74, 6) is -0.983. The smallest absolute Gasteiger partial charge is 0.351 e. The highest BCUT2D eigenvalue weighted by Gasteiger charge is 2.40. The number of hydrogen-bond acceptors (Lipinski definition) is 2. The Morgan fingerprint density at radius 2 is 1.83 bits per heavy atom. The lowest BCUT2D eigenvalue weighted by Crippen LogP contribution is -2.07. The van der Waals surface area contributed by atoms with E-state index in [1.807, 2.05) is 6.92 Å². The molecule has 2 rings (SSSR count). The van der Waals surface area contributed by atoms with Gasteiger partial charge in [0.25, 0.3) is 0 Å². The maximum absolute atomic E-state index is 12.8. The van der Waals surface area contributed by atoms with Gasteiger partial charge in [-0.3, -0.25) is 0 Å². The highest BCUT2D eigenvalue weighted by atomic mass is 19.4. The van der Waals surface area contributed by atoms with Crippen molar-refractivity contribution in [2.24, 2.45) is 0 Å². The monoisotopic (exact) mass is 255 g/mol. The SMILES string of the molecule is CCCc1c(-c2ccccc2)noc1C(F)(F)F. The molecule has 0 spiro atoms. The Balaban J connectivity index is 2.52. The second-order valence-corrected chi connectivity index (χ2v) is 3.95. The van der Waals surface area contributed by atoms with Crippen LogP contribution in [0.3, 0.4) is 0 Å². The minimum atomic E-state index is -4.50. The molecular weight excluding hydrogens is 243 g/mol. The quantitative estimate of drug-likeness (QED) is 0.816. The number of aromatic nitrogens is 1. The normalized spacial score (nSPS) is 11.8. The van der Waals surface area contributed by atoms with Gasteiger partial charge in [-0.1, -0.05) is 48.8 Å². The molecule has 0 aliphatic rings. The molecular formula is C13H12F3NO. The number of rotatable bonds is 3. The summed E-state index contributed by atoms with van der Waals surface area (Å²) in [6.45, 7) is 1.82. The molecule has 1 aromatic heterocycles. The molecule has 0 aliphatic heterocycles. The first-order chi connectivity index (χ1) is 8.54. The lowest BCUT2D eigenvalue weighted by Gasteiger charge is -2.05. The number of nitrogens with zero attached hydrogens (tertiary/aromatic N) is 1. The lowest BCUT2D eigenvalue weighted by atomic mass is 10.0. The summed E-state index contributed by atoms with van der Waals surface area (Å²) >= 11 is 0. The molecule has 0 saturated heterocycles. The number of alkyl halides is 3. The van der Waals surface area contributed by atoms with Crippen LogP contribution in [0.1, 0.15) is 24.7 Å². The van der Waals surface area contributed by atoms with Crippen LogP contribution in [0.15, 0.2) is 34.9 Å². The van der Waals surface area contributed by atoms with Gasteiger partial charge in [0.05, 0.1) is 0 Å². The van der Waals surface area contributed by atoms with Crippen LogP contribution in [0.2, 0.25) is 0 Å². The van der Waals surface area contributed by atoms with Gasteiger partial charge in [-0.25, -0.2) is 0 Å². The molecule has 0 unspecified atom stereocenters. The van der Waals surface area contributed by atoms with Gasteiger partial charge in [0, 0.05) is 11.1 Å². The fourth-order valence-corrected chi connectivity index (χ4v) is 1.84. The highest BCUT2D eigenvalue weighted by Crippen LogP contribution is 2.37. The fourth-order valence-electron chi connectivity index (χ4n) is 1.84. The first-order valence-corrected chi connectivity index (χ1v) is 5.65.